The fraction of sp³-hybridized carbons (Fsp3) is 0.643. The highest BCUT2D eigenvalue weighted by Crippen LogP contribution is 2.17. The lowest BCUT2D eigenvalue weighted by atomic mass is 10.2. The van der Waals surface area contributed by atoms with Crippen molar-refractivity contribution in [1.29, 1.82) is 0 Å². The van der Waals surface area contributed by atoms with Crippen molar-refractivity contribution in [3.63, 3.8) is 0 Å². The molecular formula is C14H22N2O2. The average Bonchev–Trinajstić information content (AvgIpc) is 2.90. The highest BCUT2D eigenvalue weighted by Gasteiger charge is 2.17. The molecule has 0 aromatic carbocycles. The number of carbonyl (C=O) groups is 1. The summed E-state index contributed by atoms with van der Waals surface area (Å²) < 4.78 is 5.50. The SMILES string of the molecule is Cc1ccc(CN(C)CC(=O)NC2CCCC2)o1. The van der Waals surface area contributed by atoms with E-state index in [1.54, 1.807) is 0 Å². The van der Waals surface area contributed by atoms with E-state index in [9.17, 15) is 4.79 Å². The van der Waals surface area contributed by atoms with E-state index >= 15 is 0 Å². The number of rotatable bonds is 5. The molecule has 1 heterocycles. The topological polar surface area (TPSA) is 45.5 Å². The van der Waals surface area contributed by atoms with Crippen molar-refractivity contribution in [2.24, 2.45) is 0 Å². The average molecular weight is 250 g/mol. The van der Waals surface area contributed by atoms with E-state index in [0.29, 0.717) is 19.1 Å². The summed E-state index contributed by atoms with van der Waals surface area (Å²) in [5, 5.41) is 3.09. The van der Waals surface area contributed by atoms with Gasteiger partial charge in [0.15, 0.2) is 0 Å². The van der Waals surface area contributed by atoms with Crippen LogP contribution in [0.15, 0.2) is 16.5 Å². The molecule has 1 saturated carbocycles. The second kappa shape index (κ2) is 6.05. The Hall–Kier alpha value is -1.29. The van der Waals surface area contributed by atoms with Crippen molar-refractivity contribution in [2.45, 2.75) is 45.2 Å². The van der Waals surface area contributed by atoms with Crippen LogP contribution in [0.5, 0.6) is 0 Å². The number of amides is 1. The van der Waals surface area contributed by atoms with Gasteiger partial charge in [-0.25, -0.2) is 0 Å². The number of furan rings is 1. The Balaban J connectivity index is 1.72. The van der Waals surface area contributed by atoms with Crippen molar-refractivity contribution in [3.8, 4) is 0 Å². The maximum Gasteiger partial charge on any atom is 0.234 e. The number of likely N-dealkylation sites (N-methyl/N-ethyl adjacent to an activating group) is 1. The highest BCUT2D eigenvalue weighted by molar-refractivity contribution is 5.78. The summed E-state index contributed by atoms with van der Waals surface area (Å²) >= 11 is 0. The molecule has 1 N–H and O–H groups in total. The second-order valence-electron chi connectivity index (χ2n) is 5.23. The van der Waals surface area contributed by atoms with Crippen LogP contribution in [0.25, 0.3) is 0 Å². The van der Waals surface area contributed by atoms with E-state index in [0.717, 1.165) is 24.4 Å². The highest BCUT2D eigenvalue weighted by atomic mass is 16.3. The summed E-state index contributed by atoms with van der Waals surface area (Å²) in [4.78, 5) is 13.8. The first-order chi connectivity index (χ1) is 8.63. The quantitative estimate of drug-likeness (QED) is 0.870. The number of carbonyl (C=O) groups excluding carboxylic acids is 1. The van der Waals surface area contributed by atoms with Crippen LogP contribution in [-0.4, -0.2) is 30.4 Å². The van der Waals surface area contributed by atoms with Crippen molar-refractivity contribution >= 4 is 5.91 Å². The molecule has 1 aliphatic rings. The van der Waals surface area contributed by atoms with Crippen LogP contribution < -0.4 is 5.32 Å². The van der Waals surface area contributed by atoms with Gasteiger partial charge in [-0.15, -0.1) is 0 Å². The fourth-order valence-electron chi connectivity index (χ4n) is 2.48. The van der Waals surface area contributed by atoms with Gasteiger partial charge >= 0.3 is 0 Å². The summed E-state index contributed by atoms with van der Waals surface area (Å²) in [6.45, 7) is 3.03. The van der Waals surface area contributed by atoms with Gasteiger partial charge in [-0.05, 0) is 38.9 Å². The molecule has 1 fully saturated rings. The Labute approximate surface area is 108 Å². The second-order valence-corrected chi connectivity index (χ2v) is 5.23. The molecule has 1 aromatic rings. The van der Waals surface area contributed by atoms with E-state index < -0.39 is 0 Å². The van der Waals surface area contributed by atoms with Gasteiger partial charge in [-0.3, -0.25) is 9.69 Å². The molecule has 0 unspecified atom stereocenters. The monoisotopic (exact) mass is 250 g/mol. The fourth-order valence-corrected chi connectivity index (χ4v) is 2.48. The zero-order chi connectivity index (χ0) is 13.0. The predicted octanol–water partition coefficient (Wildman–Crippen LogP) is 2.08. The van der Waals surface area contributed by atoms with E-state index in [4.69, 9.17) is 4.42 Å². The lowest BCUT2D eigenvalue weighted by Gasteiger charge is -2.17. The van der Waals surface area contributed by atoms with Crippen molar-refractivity contribution in [1.82, 2.24) is 10.2 Å². The Kier molecular flexibility index (Phi) is 4.42. The van der Waals surface area contributed by atoms with Crippen LogP contribution >= 0.6 is 0 Å². The van der Waals surface area contributed by atoms with Crippen LogP contribution in [0, 0.1) is 6.92 Å². The van der Waals surface area contributed by atoms with Crippen LogP contribution in [0.2, 0.25) is 0 Å². The molecule has 2 rings (SSSR count). The van der Waals surface area contributed by atoms with Crippen LogP contribution in [-0.2, 0) is 11.3 Å². The minimum Gasteiger partial charge on any atom is -0.465 e. The van der Waals surface area contributed by atoms with E-state index in [-0.39, 0.29) is 5.91 Å². The molecule has 1 amide bonds. The molecule has 0 atom stereocenters. The first kappa shape index (κ1) is 13.1. The lowest BCUT2D eigenvalue weighted by molar-refractivity contribution is -0.122. The zero-order valence-corrected chi connectivity index (χ0v) is 11.2. The van der Waals surface area contributed by atoms with Crippen LogP contribution in [0.3, 0.4) is 0 Å². The minimum absolute atomic E-state index is 0.118. The first-order valence-electron chi connectivity index (χ1n) is 6.67. The number of hydrogen-bond donors (Lipinski definition) is 1. The summed E-state index contributed by atoms with van der Waals surface area (Å²) in [6, 6.07) is 4.31. The third-order valence-electron chi connectivity index (χ3n) is 3.36. The zero-order valence-electron chi connectivity index (χ0n) is 11.2. The number of hydrogen-bond acceptors (Lipinski definition) is 3. The Morgan fingerprint density at radius 2 is 2.17 bits per heavy atom. The van der Waals surface area contributed by atoms with E-state index in [2.05, 4.69) is 5.32 Å². The molecule has 1 aromatic heterocycles. The van der Waals surface area contributed by atoms with Crippen LogP contribution in [0.4, 0.5) is 0 Å². The summed E-state index contributed by atoms with van der Waals surface area (Å²) in [6.07, 6.45) is 4.75. The molecule has 0 spiro atoms. The number of nitrogens with one attached hydrogen (secondary N) is 1. The van der Waals surface area contributed by atoms with E-state index in [1.165, 1.54) is 12.8 Å². The Morgan fingerprint density at radius 1 is 1.44 bits per heavy atom. The third-order valence-corrected chi connectivity index (χ3v) is 3.36. The number of nitrogens with zero attached hydrogens (tertiary/aromatic N) is 1. The van der Waals surface area contributed by atoms with Gasteiger partial charge in [0.2, 0.25) is 5.91 Å². The summed E-state index contributed by atoms with van der Waals surface area (Å²) in [5.41, 5.74) is 0. The largest absolute Gasteiger partial charge is 0.465 e. The van der Waals surface area contributed by atoms with E-state index in [1.807, 2.05) is 31.0 Å². The van der Waals surface area contributed by atoms with Crippen molar-refractivity contribution in [3.05, 3.63) is 23.7 Å². The van der Waals surface area contributed by atoms with Gasteiger partial charge in [0.1, 0.15) is 11.5 Å². The van der Waals surface area contributed by atoms with Gasteiger partial charge in [-0.2, -0.15) is 0 Å². The molecule has 4 nitrogen and oxygen atoms in total. The molecule has 0 radical (unpaired) electrons. The van der Waals surface area contributed by atoms with Crippen molar-refractivity contribution < 1.29 is 9.21 Å². The third kappa shape index (κ3) is 3.88. The normalized spacial score (nSPS) is 16.4. The standard InChI is InChI=1S/C14H22N2O2/c1-11-7-8-13(18-11)9-16(2)10-14(17)15-12-5-3-4-6-12/h7-8,12H,3-6,9-10H2,1-2H3,(H,15,17). The molecule has 1 aliphatic carbocycles. The summed E-state index contributed by atoms with van der Waals surface area (Å²) in [5.74, 6) is 1.94. The van der Waals surface area contributed by atoms with Gasteiger partial charge in [0.25, 0.3) is 0 Å². The molecule has 0 bridgehead atoms. The van der Waals surface area contributed by atoms with Crippen molar-refractivity contribution in [2.75, 3.05) is 13.6 Å². The van der Waals surface area contributed by atoms with Gasteiger partial charge < -0.3 is 9.73 Å². The molecule has 4 heteroatoms. The number of aryl methyl sites for hydroxylation is 1. The van der Waals surface area contributed by atoms with Crippen LogP contribution in [0.1, 0.15) is 37.2 Å². The summed E-state index contributed by atoms with van der Waals surface area (Å²) in [7, 11) is 1.94. The smallest absolute Gasteiger partial charge is 0.234 e. The lowest BCUT2D eigenvalue weighted by Crippen LogP contribution is -2.39. The first-order valence-corrected chi connectivity index (χ1v) is 6.67. The predicted molar refractivity (Wildman–Crippen MR) is 70.2 cm³/mol. The molecule has 100 valence electrons. The Morgan fingerprint density at radius 3 is 2.78 bits per heavy atom. The molecule has 0 aliphatic heterocycles. The maximum atomic E-state index is 11.8. The molecular weight excluding hydrogens is 228 g/mol. The molecule has 18 heavy (non-hydrogen) atoms. The van der Waals surface area contributed by atoms with Gasteiger partial charge in [0, 0.05) is 6.04 Å². The minimum atomic E-state index is 0.118. The molecule has 0 saturated heterocycles. The Bertz CT molecular complexity index is 394. The van der Waals surface area contributed by atoms with Gasteiger partial charge in [-0.1, -0.05) is 12.8 Å². The maximum absolute atomic E-state index is 11.8. The van der Waals surface area contributed by atoms with Gasteiger partial charge in [0.05, 0.1) is 13.1 Å².